The van der Waals surface area contributed by atoms with Crippen LogP contribution in [0.4, 0.5) is 10.1 Å². The number of hydrogen-bond acceptors (Lipinski definition) is 2. The highest BCUT2D eigenvalue weighted by Gasteiger charge is 2.23. The van der Waals surface area contributed by atoms with Crippen LogP contribution in [0.5, 0.6) is 5.75 Å². The molecule has 1 aliphatic rings. The van der Waals surface area contributed by atoms with E-state index in [4.69, 9.17) is 4.74 Å². The van der Waals surface area contributed by atoms with Crippen LogP contribution in [0.1, 0.15) is 11.1 Å². The Bertz CT molecular complexity index is 667. The van der Waals surface area contributed by atoms with Crippen molar-refractivity contribution in [3.8, 4) is 5.75 Å². The van der Waals surface area contributed by atoms with Crippen molar-refractivity contribution in [2.24, 2.45) is 0 Å². The summed E-state index contributed by atoms with van der Waals surface area (Å²) in [6.45, 7) is 3.01. The normalized spacial score (nSPS) is 13.5. The van der Waals surface area contributed by atoms with Gasteiger partial charge in [0.15, 0.2) is 0 Å². The van der Waals surface area contributed by atoms with E-state index in [1.54, 1.807) is 17.0 Å². The number of aryl methyl sites for hydroxylation is 1. The lowest BCUT2D eigenvalue weighted by Gasteiger charge is -2.30. The highest BCUT2D eigenvalue weighted by molar-refractivity contribution is 5.96. The van der Waals surface area contributed by atoms with Gasteiger partial charge in [0.05, 0.1) is 18.7 Å². The van der Waals surface area contributed by atoms with E-state index >= 15 is 0 Å². The number of fused-ring (bicyclic) bond motifs is 1. The second-order valence-corrected chi connectivity index (χ2v) is 5.17. The molecule has 0 fully saturated rings. The first-order valence-electron chi connectivity index (χ1n) is 6.92. The van der Waals surface area contributed by atoms with E-state index in [1.165, 1.54) is 12.1 Å². The second-order valence-electron chi connectivity index (χ2n) is 5.17. The number of carbonyl (C=O) groups excluding carboxylic acids is 1. The molecular weight excluding hydrogens is 269 g/mol. The fourth-order valence-corrected chi connectivity index (χ4v) is 2.46. The number of rotatable bonds is 2. The van der Waals surface area contributed by atoms with Gasteiger partial charge in [-0.05, 0) is 42.3 Å². The van der Waals surface area contributed by atoms with Crippen LogP contribution in [0.2, 0.25) is 0 Å². The summed E-state index contributed by atoms with van der Waals surface area (Å²) in [7, 11) is 0. The summed E-state index contributed by atoms with van der Waals surface area (Å²) in [6, 6.07) is 11.8. The molecule has 3 rings (SSSR count). The molecule has 0 saturated carbocycles. The fraction of sp³-hybridized carbons (Fsp3) is 0.235. The van der Waals surface area contributed by atoms with Gasteiger partial charge in [-0.2, -0.15) is 0 Å². The van der Waals surface area contributed by atoms with Crippen molar-refractivity contribution in [2.75, 3.05) is 18.1 Å². The Hall–Kier alpha value is -2.36. The molecule has 1 aliphatic heterocycles. The highest BCUT2D eigenvalue weighted by atomic mass is 19.1. The Morgan fingerprint density at radius 3 is 2.76 bits per heavy atom. The standard InChI is InChI=1S/C17H16FNO2/c1-12-2-7-16-15(10-12)19(8-9-21-16)17(20)11-13-3-5-14(18)6-4-13/h2-7,10H,8-9,11H2,1H3. The molecule has 3 nitrogen and oxygen atoms in total. The first-order valence-corrected chi connectivity index (χ1v) is 6.92. The molecule has 0 aromatic heterocycles. The Morgan fingerprint density at radius 2 is 2.00 bits per heavy atom. The van der Waals surface area contributed by atoms with Gasteiger partial charge in [0.25, 0.3) is 0 Å². The van der Waals surface area contributed by atoms with Gasteiger partial charge in [-0.15, -0.1) is 0 Å². The van der Waals surface area contributed by atoms with Crippen molar-refractivity contribution in [1.82, 2.24) is 0 Å². The van der Waals surface area contributed by atoms with Crippen molar-refractivity contribution in [3.05, 3.63) is 59.4 Å². The molecule has 2 aromatic carbocycles. The van der Waals surface area contributed by atoms with Crippen LogP contribution < -0.4 is 9.64 Å². The second kappa shape index (κ2) is 5.56. The number of benzene rings is 2. The number of anilines is 1. The smallest absolute Gasteiger partial charge is 0.231 e. The predicted molar refractivity (Wildman–Crippen MR) is 79.1 cm³/mol. The Balaban J connectivity index is 1.83. The van der Waals surface area contributed by atoms with Crippen LogP contribution in [0.25, 0.3) is 0 Å². The van der Waals surface area contributed by atoms with Crippen molar-refractivity contribution >= 4 is 11.6 Å². The molecule has 4 heteroatoms. The van der Waals surface area contributed by atoms with E-state index < -0.39 is 0 Å². The monoisotopic (exact) mass is 285 g/mol. The third kappa shape index (κ3) is 2.89. The number of halogens is 1. The van der Waals surface area contributed by atoms with Gasteiger partial charge < -0.3 is 9.64 Å². The number of nitrogens with zero attached hydrogens (tertiary/aromatic N) is 1. The lowest BCUT2D eigenvalue weighted by molar-refractivity contribution is -0.118. The van der Waals surface area contributed by atoms with Gasteiger partial charge in [-0.25, -0.2) is 4.39 Å². The third-order valence-electron chi connectivity index (χ3n) is 3.55. The largest absolute Gasteiger partial charge is 0.490 e. The number of ether oxygens (including phenoxy) is 1. The number of amides is 1. The lowest BCUT2D eigenvalue weighted by atomic mass is 10.1. The molecule has 0 atom stereocenters. The fourth-order valence-electron chi connectivity index (χ4n) is 2.46. The van der Waals surface area contributed by atoms with E-state index in [1.807, 2.05) is 25.1 Å². The van der Waals surface area contributed by atoms with Gasteiger partial charge in [0.1, 0.15) is 18.2 Å². The first kappa shape index (κ1) is 13.6. The average Bonchev–Trinajstić information content (AvgIpc) is 2.49. The molecule has 0 unspecified atom stereocenters. The van der Waals surface area contributed by atoms with Crippen LogP contribution in [0.15, 0.2) is 42.5 Å². The minimum absolute atomic E-state index is 0.00300. The maximum Gasteiger partial charge on any atom is 0.231 e. The van der Waals surface area contributed by atoms with E-state index in [9.17, 15) is 9.18 Å². The van der Waals surface area contributed by atoms with Crippen LogP contribution in [0.3, 0.4) is 0 Å². The zero-order valence-corrected chi connectivity index (χ0v) is 11.8. The molecule has 0 spiro atoms. The lowest BCUT2D eigenvalue weighted by Crippen LogP contribution is -2.38. The summed E-state index contributed by atoms with van der Waals surface area (Å²) in [4.78, 5) is 14.2. The molecule has 0 radical (unpaired) electrons. The highest BCUT2D eigenvalue weighted by Crippen LogP contribution is 2.32. The van der Waals surface area contributed by atoms with E-state index in [0.717, 1.165) is 22.6 Å². The Morgan fingerprint density at radius 1 is 1.24 bits per heavy atom. The van der Waals surface area contributed by atoms with E-state index in [0.29, 0.717) is 13.2 Å². The van der Waals surface area contributed by atoms with Crippen LogP contribution in [0, 0.1) is 12.7 Å². The van der Waals surface area contributed by atoms with Crippen molar-refractivity contribution < 1.29 is 13.9 Å². The minimum Gasteiger partial charge on any atom is -0.490 e. The Kier molecular flexibility index (Phi) is 3.60. The van der Waals surface area contributed by atoms with Crippen molar-refractivity contribution in [2.45, 2.75) is 13.3 Å². The van der Waals surface area contributed by atoms with Gasteiger partial charge in [-0.1, -0.05) is 18.2 Å². The predicted octanol–water partition coefficient (Wildman–Crippen LogP) is 3.10. The zero-order valence-electron chi connectivity index (χ0n) is 11.8. The van der Waals surface area contributed by atoms with Crippen LogP contribution >= 0.6 is 0 Å². The molecule has 0 saturated heterocycles. The summed E-state index contributed by atoms with van der Waals surface area (Å²) < 4.78 is 18.5. The number of carbonyl (C=O) groups is 1. The number of hydrogen-bond donors (Lipinski definition) is 0. The van der Waals surface area contributed by atoms with E-state index in [-0.39, 0.29) is 18.1 Å². The molecule has 0 N–H and O–H groups in total. The maximum atomic E-state index is 12.9. The summed E-state index contributed by atoms with van der Waals surface area (Å²) in [5.74, 6) is 0.439. The minimum atomic E-state index is -0.293. The third-order valence-corrected chi connectivity index (χ3v) is 3.55. The zero-order chi connectivity index (χ0) is 14.8. The molecule has 108 valence electrons. The molecule has 21 heavy (non-hydrogen) atoms. The van der Waals surface area contributed by atoms with Crippen LogP contribution in [-0.4, -0.2) is 19.1 Å². The topological polar surface area (TPSA) is 29.5 Å². The first-order chi connectivity index (χ1) is 10.1. The van der Waals surface area contributed by atoms with Gasteiger partial charge in [0.2, 0.25) is 5.91 Å². The summed E-state index contributed by atoms with van der Waals surface area (Å²) >= 11 is 0. The SMILES string of the molecule is Cc1ccc2c(c1)N(C(=O)Cc1ccc(F)cc1)CCO2. The Labute approximate surface area is 123 Å². The van der Waals surface area contributed by atoms with Crippen LogP contribution in [-0.2, 0) is 11.2 Å². The maximum absolute atomic E-state index is 12.9. The van der Waals surface area contributed by atoms with Gasteiger partial charge in [0, 0.05) is 0 Å². The molecular formula is C17H16FNO2. The summed E-state index contributed by atoms with van der Waals surface area (Å²) in [6.07, 6.45) is 0.258. The summed E-state index contributed by atoms with van der Waals surface area (Å²) in [5, 5.41) is 0. The molecule has 0 aliphatic carbocycles. The molecule has 1 heterocycles. The summed E-state index contributed by atoms with van der Waals surface area (Å²) in [5.41, 5.74) is 2.70. The molecule has 1 amide bonds. The van der Waals surface area contributed by atoms with Gasteiger partial charge in [-0.3, -0.25) is 4.79 Å². The van der Waals surface area contributed by atoms with Crippen molar-refractivity contribution in [1.29, 1.82) is 0 Å². The molecule has 0 bridgehead atoms. The van der Waals surface area contributed by atoms with E-state index in [2.05, 4.69) is 0 Å². The average molecular weight is 285 g/mol. The van der Waals surface area contributed by atoms with Crippen molar-refractivity contribution in [3.63, 3.8) is 0 Å². The van der Waals surface area contributed by atoms with Gasteiger partial charge >= 0.3 is 0 Å². The quantitative estimate of drug-likeness (QED) is 0.848. The molecule has 2 aromatic rings.